The van der Waals surface area contributed by atoms with Crippen LogP contribution in [0.5, 0.6) is 11.5 Å². The molecule has 26 heavy (non-hydrogen) atoms. The van der Waals surface area contributed by atoms with Crippen LogP contribution in [0.1, 0.15) is 16.8 Å². The number of amides is 2. The fourth-order valence-corrected chi connectivity index (χ4v) is 2.64. The smallest absolute Gasteiger partial charge is 0.257 e. The molecule has 1 atom stereocenters. The summed E-state index contributed by atoms with van der Waals surface area (Å²) in [5, 5.41) is 0. The van der Waals surface area contributed by atoms with Crippen molar-refractivity contribution >= 4 is 11.8 Å². The maximum atomic E-state index is 13.0. The minimum Gasteiger partial charge on any atom is -0.497 e. The van der Waals surface area contributed by atoms with Crippen molar-refractivity contribution in [3.05, 3.63) is 23.8 Å². The SMILES string of the molecule is COc1ccc(OCCCN)c(C(=O)N2CCO[C@@H](C(=O)N(C)C)C2)c1. The van der Waals surface area contributed by atoms with E-state index >= 15 is 0 Å². The van der Waals surface area contributed by atoms with Crippen molar-refractivity contribution < 1.29 is 23.8 Å². The van der Waals surface area contributed by atoms with Gasteiger partial charge >= 0.3 is 0 Å². The van der Waals surface area contributed by atoms with E-state index in [1.54, 1.807) is 44.3 Å². The van der Waals surface area contributed by atoms with Gasteiger partial charge in [-0.05, 0) is 31.2 Å². The Labute approximate surface area is 153 Å². The number of methoxy groups -OCH3 is 1. The maximum Gasteiger partial charge on any atom is 0.257 e. The highest BCUT2D eigenvalue weighted by Crippen LogP contribution is 2.26. The fourth-order valence-electron chi connectivity index (χ4n) is 2.64. The summed E-state index contributed by atoms with van der Waals surface area (Å²) < 4.78 is 16.5. The second-order valence-corrected chi connectivity index (χ2v) is 6.20. The van der Waals surface area contributed by atoms with E-state index in [9.17, 15) is 9.59 Å². The van der Waals surface area contributed by atoms with Crippen molar-refractivity contribution in [3.8, 4) is 11.5 Å². The van der Waals surface area contributed by atoms with Crippen molar-refractivity contribution in [2.24, 2.45) is 5.73 Å². The second kappa shape index (κ2) is 9.40. The van der Waals surface area contributed by atoms with Gasteiger partial charge in [0, 0.05) is 20.6 Å². The Bertz CT molecular complexity index is 635. The predicted molar refractivity (Wildman–Crippen MR) is 96.5 cm³/mol. The van der Waals surface area contributed by atoms with Crippen LogP contribution < -0.4 is 15.2 Å². The van der Waals surface area contributed by atoms with Gasteiger partial charge in [-0.2, -0.15) is 0 Å². The first kappa shape index (κ1) is 20.0. The Kier molecular flexibility index (Phi) is 7.23. The van der Waals surface area contributed by atoms with Gasteiger partial charge in [0.2, 0.25) is 0 Å². The van der Waals surface area contributed by atoms with E-state index in [2.05, 4.69) is 0 Å². The van der Waals surface area contributed by atoms with Gasteiger partial charge in [0.1, 0.15) is 11.5 Å². The van der Waals surface area contributed by atoms with Gasteiger partial charge in [0.25, 0.3) is 11.8 Å². The van der Waals surface area contributed by atoms with Crippen molar-refractivity contribution in [2.75, 3.05) is 54.1 Å². The van der Waals surface area contributed by atoms with Gasteiger partial charge in [-0.15, -0.1) is 0 Å². The number of rotatable bonds is 7. The van der Waals surface area contributed by atoms with Gasteiger partial charge in [0.05, 0.1) is 32.4 Å². The van der Waals surface area contributed by atoms with Crippen LogP contribution in [0.4, 0.5) is 0 Å². The lowest BCUT2D eigenvalue weighted by atomic mass is 10.1. The molecule has 1 aromatic rings. The van der Waals surface area contributed by atoms with E-state index in [-0.39, 0.29) is 18.4 Å². The van der Waals surface area contributed by atoms with Gasteiger partial charge in [-0.1, -0.05) is 0 Å². The third-order valence-corrected chi connectivity index (χ3v) is 4.09. The first-order valence-electron chi connectivity index (χ1n) is 8.61. The van der Waals surface area contributed by atoms with Crippen LogP contribution in [0.15, 0.2) is 18.2 Å². The molecule has 8 heteroatoms. The van der Waals surface area contributed by atoms with Crippen molar-refractivity contribution in [2.45, 2.75) is 12.5 Å². The Balaban J connectivity index is 2.19. The molecular formula is C18H27N3O5. The molecule has 2 rings (SSSR count). The minimum atomic E-state index is -0.657. The molecule has 0 unspecified atom stereocenters. The molecule has 0 aromatic heterocycles. The molecule has 8 nitrogen and oxygen atoms in total. The molecule has 144 valence electrons. The zero-order valence-corrected chi connectivity index (χ0v) is 15.6. The molecule has 1 aliphatic rings. The van der Waals surface area contributed by atoms with Crippen molar-refractivity contribution in [1.82, 2.24) is 9.80 Å². The monoisotopic (exact) mass is 365 g/mol. The molecule has 2 N–H and O–H groups in total. The maximum absolute atomic E-state index is 13.0. The lowest BCUT2D eigenvalue weighted by Crippen LogP contribution is -2.51. The number of carbonyl (C=O) groups is 2. The van der Waals surface area contributed by atoms with Gasteiger partial charge in [0.15, 0.2) is 6.10 Å². The molecule has 2 amide bonds. The number of carbonyl (C=O) groups excluding carboxylic acids is 2. The summed E-state index contributed by atoms with van der Waals surface area (Å²) in [6.07, 6.45) is 0.0336. The molecule has 0 saturated carbocycles. The van der Waals surface area contributed by atoms with E-state index in [0.29, 0.717) is 49.8 Å². The van der Waals surface area contributed by atoms with Crippen LogP contribution in [-0.2, 0) is 9.53 Å². The molecular weight excluding hydrogens is 338 g/mol. The molecule has 1 aliphatic heterocycles. The number of likely N-dealkylation sites (N-methyl/N-ethyl adjacent to an activating group) is 1. The molecule has 1 heterocycles. The zero-order chi connectivity index (χ0) is 19.1. The lowest BCUT2D eigenvalue weighted by Gasteiger charge is -2.33. The first-order valence-corrected chi connectivity index (χ1v) is 8.61. The first-order chi connectivity index (χ1) is 12.5. The molecule has 1 fully saturated rings. The predicted octanol–water partition coefficient (Wildman–Crippen LogP) is 0.352. The lowest BCUT2D eigenvalue weighted by molar-refractivity contribution is -0.145. The highest BCUT2D eigenvalue weighted by atomic mass is 16.5. The highest BCUT2D eigenvalue weighted by molar-refractivity contribution is 5.98. The molecule has 0 bridgehead atoms. The number of nitrogens with two attached hydrogens (primary N) is 1. The zero-order valence-electron chi connectivity index (χ0n) is 15.6. The molecule has 0 spiro atoms. The second-order valence-electron chi connectivity index (χ2n) is 6.20. The Morgan fingerprint density at radius 3 is 2.81 bits per heavy atom. The van der Waals surface area contributed by atoms with E-state index in [1.165, 1.54) is 4.90 Å². The number of ether oxygens (including phenoxy) is 3. The summed E-state index contributed by atoms with van der Waals surface area (Å²) in [6, 6.07) is 5.11. The van der Waals surface area contributed by atoms with E-state index in [4.69, 9.17) is 19.9 Å². The van der Waals surface area contributed by atoms with Gasteiger partial charge < -0.3 is 29.7 Å². The molecule has 1 saturated heterocycles. The van der Waals surface area contributed by atoms with E-state index < -0.39 is 6.10 Å². The van der Waals surface area contributed by atoms with Crippen LogP contribution in [0.3, 0.4) is 0 Å². The number of morpholine rings is 1. The molecule has 1 aromatic carbocycles. The third kappa shape index (κ3) is 4.86. The number of hydrogen-bond acceptors (Lipinski definition) is 6. The standard InChI is InChI=1S/C18H27N3O5/c1-20(2)18(23)16-12-21(8-10-26-16)17(22)14-11-13(24-3)5-6-15(14)25-9-4-7-19/h5-6,11,16H,4,7-10,12,19H2,1-3H3/t16-/m1/s1. The van der Waals surface area contributed by atoms with Crippen LogP contribution in [-0.4, -0.2) is 81.8 Å². The topological polar surface area (TPSA) is 94.3 Å². The summed E-state index contributed by atoms with van der Waals surface area (Å²) in [5.74, 6) is 0.666. The Morgan fingerprint density at radius 2 is 2.15 bits per heavy atom. The van der Waals surface area contributed by atoms with Crippen LogP contribution in [0, 0.1) is 0 Å². The average Bonchev–Trinajstić information content (AvgIpc) is 2.67. The summed E-state index contributed by atoms with van der Waals surface area (Å²) in [5.41, 5.74) is 5.90. The fraction of sp³-hybridized carbons (Fsp3) is 0.556. The van der Waals surface area contributed by atoms with Gasteiger partial charge in [-0.3, -0.25) is 9.59 Å². The van der Waals surface area contributed by atoms with E-state index in [1.807, 2.05) is 0 Å². The summed E-state index contributed by atoms with van der Waals surface area (Å²) in [7, 11) is 4.87. The summed E-state index contributed by atoms with van der Waals surface area (Å²) in [6.45, 7) is 1.86. The van der Waals surface area contributed by atoms with Crippen molar-refractivity contribution in [3.63, 3.8) is 0 Å². The third-order valence-electron chi connectivity index (χ3n) is 4.09. The summed E-state index contributed by atoms with van der Waals surface area (Å²) >= 11 is 0. The number of benzene rings is 1. The normalized spacial score (nSPS) is 16.9. The Morgan fingerprint density at radius 1 is 1.38 bits per heavy atom. The summed E-state index contributed by atoms with van der Waals surface area (Å²) in [4.78, 5) is 28.3. The minimum absolute atomic E-state index is 0.160. The highest BCUT2D eigenvalue weighted by Gasteiger charge is 2.31. The van der Waals surface area contributed by atoms with Gasteiger partial charge in [-0.25, -0.2) is 0 Å². The quantitative estimate of drug-likeness (QED) is 0.701. The van der Waals surface area contributed by atoms with Crippen LogP contribution in [0.25, 0.3) is 0 Å². The van der Waals surface area contributed by atoms with Crippen LogP contribution in [0.2, 0.25) is 0 Å². The molecule has 0 radical (unpaired) electrons. The number of nitrogens with zero attached hydrogens (tertiary/aromatic N) is 2. The molecule has 0 aliphatic carbocycles. The number of hydrogen-bond donors (Lipinski definition) is 1. The van der Waals surface area contributed by atoms with E-state index in [0.717, 1.165) is 0 Å². The average molecular weight is 365 g/mol. The Hall–Kier alpha value is -2.32. The largest absolute Gasteiger partial charge is 0.497 e. The van der Waals surface area contributed by atoms with Crippen LogP contribution >= 0.6 is 0 Å². The van der Waals surface area contributed by atoms with Crippen molar-refractivity contribution in [1.29, 1.82) is 0 Å².